The number of carbonyl (C=O) groups excluding carboxylic acids is 2. The summed E-state index contributed by atoms with van der Waals surface area (Å²) in [7, 11) is 0. The zero-order chi connectivity index (χ0) is 24.6. The van der Waals surface area contributed by atoms with Crippen molar-refractivity contribution >= 4 is 28.7 Å². The van der Waals surface area contributed by atoms with Gasteiger partial charge >= 0.3 is 0 Å². The van der Waals surface area contributed by atoms with E-state index in [4.69, 9.17) is 0 Å². The van der Waals surface area contributed by atoms with E-state index in [1.54, 1.807) is 12.4 Å². The fourth-order valence-corrected chi connectivity index (χ4v) is 4.33. The third-order valence-electron chi connectivity index (χ3n) is 6.41. The molecule has 0 radical (unpaired) electrons. The summed E-state index contributed by atoms with van der Waals surface area (Å²) in [6, 6.07) is 9.21. The van der Waals surface area contributed by atoms with Crippen LogP contribution in [0.3, 0.4) is 0 Å². The highest BCUT2D eigenvalue weighted by atomic mass is 16.2. The third-order valence-corrected chi connectivity index (χ3v) is 6.41. The lowest BCUT2D eigenvalue weighted by molar-refractivity contribution is -0.130. The Labute approximate surface area is 206 Å². The predicted molar refractivity (Wildman–Crippen MR) is 137 cm³/mol. The van der Waals surface area contributed by atoms with Crippen LogP contribution in [0.1, 0.15) is 25.8 Å². The first-order valence-corrected chi connectivity index (χ1v) is 12.4. The first-order chi connectivity index (χ1) is 17.0. The van der Waals surface area contributed by atoms with Gasteiger partial charge in [0.15, 0.2) is 0 Å². The van der Waals surface area contributed by atoms with Crippen molar-refractivity contribution in [3.8, 4) is 0 Å². The van der Waals surface area contributed by atoms with Crippen molar-refractivity contribution < 1.29 is 9.59 Å². The van der Waals surface area contributed by atoms with Crippen LogP contribution in [-0.2, 0) is 16.0 Å². The normalized spacial score (nSPS) is 15.3. The Kier molecular flexibility index (Phi) is 8.31. The van der Waals surface area contributed by atoms with Crippen molar-refractivity contribution in [1.29, 1.82) is 0 Å². The molecular formula is C26H35N7O2. The molecule has 9 heteroatoms. The van der Waals surface area contributed by atoms with Gasteiger partial charge in [0.2, 0.25) is 17.8 Å². The Bertz CT molecular complexity index is 1110. The number of carbonyl (C=O) groups is 2. The lowest BCUT2D eigenvalue weighted by Gasteiger charge is -2.34. The zero-order valence-corrected chi connectivity index (χ0v) is 20.5. The molecule has 3 heterocycles. The fraction of sp³-hybridized carbons (Fsp3) is 0.462. The van der Waals surface area contributed by atoms with E-state index in [-0.39, 0.29) is 17.7 Å². The minimum Gasteiger partial charge on any atom is -0.361 e. The molecule has 1 unspecified atom stereocenters. The number of aromatic nitrogens is 3. The number of para-hydroxylation sites is 1. The van der Waals surface area contributed by atoms with E-state index in [0.29, 0.717) is 13.0 Å². The number of fused-ring (bicyclic) bond motifs is 1. The van der Waals surface area contributed by atoms with Gasteiger partial charge in [-0.2, -0.15) is 0 Å². The Morgan fingerprint density at radius 1 is 1.03 bits per heavy atom. The van der Waals surface area contributed by atoms with Gasteiger partial charge in [-0.1, -0.05) is 32.0 Å². The highest BCUT2D eigenvalue weighted by molar-refractivity contribution is 5.90. The van der Waals surface area contributed by atoms with Gasteiger partial charge in [-0.15, -0.1) is 0 Å². The van der Waals surface area contributed by atoms with E-state index in [0.717, 1.165) is 61.6 Å². The third kappa shape index (κ3) is 6.57. The van der Waals surface area contributed by atoms with Crippen LogP contribution in [0.25, 0.3) is 10.9 Å². The largest absolute Gasteiger partial charge is 0.361 e. The molecule has 2 amide bonds. The number of H-pyrrole nitrogens is 1. The van der Waals surface area contributed by atoms with Gasteiger partial charge in [0.05, 0.1) is 0 Å². The van der Waals surface area contributed by atoms with Gasteiger partial charge in [0.25, 0.3) is 0 Å². The van der Waals surface area contributed by atoms with Gasteiger partial charge in [0, 0.05) is 74.6 Å². The Balaban J connectivity index is 1.26. The molecule has 186 valence electrons. The second kappa shape index (κ2) is 11.8. The zero-order valence-electron chi connectivity index (χ0n) is 20.5. The van der Waals surface area contributed by atoms with Crippen molar-refractivity contribution in [2.45, 2.75) is 32.7 Å². The van der Waals surface area contributed by atoms with Crippen LogP contribution in [0.4, 0.5) is 5.95 Å². The van der Waals surface area contributed by atoms with Crippen molar-refractivity contribution in [1.82, 2.24) is 30.5 Å². The summed E-state index contributed by atoms with van der Waals surface area (Å²) in [5.74, 6) is 0.331. The van der Waals surface area contributed by atoms with Gasteiger partial charge in [-0.25, -0.2) is 9.97 Å². The van der Waals surface area contributed by atoms with Gasteiger partial charge in [-0.05, 0) is 30.7 Å². The molecule has 1 fully saturated rings. The maximum absolute atomic E-state index is 13.0. The van der Waals surface area contributed by atoms with Crippen LogP contribution < -0.4 is 15.5 Å². The molecule has 3 aromatic rings. The first-order valence-electron chi connectivity index (χ1n) is 12.4. The number of benzene rings is 1. The summed E-state index contributed by atoms with van der Waals surface area (Å²) in [5.41, 5.74) is 2.04. The van der Waals surface area contributed by atoms with E-state index in [2.05, 4.69) is 35.4 Å². The molecule has 0 saturated carbocycles. The number of nitrogens with zero attached hydrogens (tertiary/aromatic N) is 4. The molecule has 0 spiro atoms. The molecule has 4 rings (SSSR count). The molecule has 1 aliphatic heterocycles. The molecule has 9 nitrogen and oxygen atoms in total. The van der Waals surface area contributed by atoms with E-state index in [9.17, 15) is 9.59 Å². The van der Waals surface area contributed by atoms with Crippen LogP contribution in [0, 0.1) is 5.92 Å². The van der Waals surface area contributed by atoms with Crippen molar-refractivity contribution in [3.05, 3.63) is 54.5 Å². The summed E-state index contributed by atoms with van der Waals surface area (Å²) in [4.78, 5) is 41.9. The van der Waals surface area contributed by atoms with Crippen LogP contribution >= 0.6 is 0 Å². The number of hydrogen-bond donors (Lipinski definition) is 3. The second-order valence-electron chi connectivity index (χ2n) is 9.30. The Hall–Kier alpha value is -3.46. The molecule has 0 aliphatic carbocycles. The van der Waals surface area contributed by atoms with E-state index >= 15 is 0 Å². The lowest BCUT2D eigenvalue weighted by Crippen LogP contribution is -2.50. The van der Waals surface area contributed by atoms with Gasteiger partial charge in [-0.3, -0.25) is 14.5 Å². The van der Waals surface area contributed by atoms with E-state index in [1.807, 2.05) is 50.4 Å². The minimum absolute atomic E-state index is 0.120. The maximum atomic E-state index is 13.0. The molecule has 1 saturated heterocycles. The summed E-state index contributed by atoms with van der Waals surface area (Å²) < 4.78 is 0. The van der Waals surface area contributed by atoms with Gasteiger partial charge < -0.3 is 20.5 Å². The molecule has 1 aliphatic rings. The standard InChI is InChI=1S/C26H35N7O2/c1-19(2)24(34)31-23(17-20-18-30-22-8-4-3-7-21(20)22)25(35)27-11-6-12-32-13-15-33(16-14-32)26-28-9-5-10-29-26/h3-5,7-10,18-19,23,30H,6,11-17H2,1-2H3,(H,27,35)(H,31,34). The van der Waals surface area contributed by atoms with E-state index < -0.39 is 6.04 Å². The number of rotatable bonds is 10. The number of aromatic amines is 1. The SMILES string of the molecule is CC(C)C(=O)NC(Cc1c[nH]c2ccccc12)C(=O)NCCCN1CCN(c2ncccn2)CC1. The van der Waals surface area contributed by atoms with E-state index in [1.165, 1.54) is 0 Å². The van der Waals surface area contributed by atoms with Crippen molar-refractivity contribution in [2.24, 2.45) is 5.92 Å². The van der Waals surface area contributed by atoms with Gasteiger partial charge in [0.1, 0.15) is 6.04 Å². The number of hydrogen-bond acceptors (Lipinski definition) is 6. The maximum Gasteiger partial charge on any atom is 0.242 e. The summed E-state index contributed by atoms with van der Waals surface area (Å²) in [6.45, 7) is 8.82. The van der Waals surface area contributed by atoms with Crippen molar-refractivity contribution in [3.63, 3.8) is 0 Å². The number of piperazine rings is 1. The highest BCUT2D eigenvalue weighted by Gasteiger charge is 2.24. The lowest BCUT2D eigenvalue weighted by atomic mass is 10.0. The number of amides is 2. The fourth-order valence-electron chi connectivity index (χ4n) is 4.33. The number of anilines is 1. The van der Waals surface area contributed by atoms with Crippen LogP contribution in [0.15, 0.2) is 48.9 Å². The Morgan fingerprint density at radius 3 is 2.51 bits per heavy atom. The highest BCUT2D eigenvalue weighted by Crippen LogP contribution is 2.19. The Morgan fingerprint density at radius 2 is 1.77 bits per heavy atom. The monoisotopic (exact) mass is 477 g/mol. The molecule has 1 aromatic carbocycles. The average Bonchev–Trinajstić information content (AvgIpc) is 3.29. The minimum atomic E-state index is -0.612. The molecular weight excluding hydrogens is 442 g/mol. The molecule has 2 aromatic heterocycles. The quantitative estimate of drug-likeness (QED) is 0.386. The summed E-state index contributed by atoms with van der Waals surface area (Å²) >= 11 is 0. The smallest absolute Gasteiger partial charge is 0.242 e. The second-order valence-corrected chi connectivity index (χ2v) is 9.30. The van der Waals surface area contributed by atoms with Crippen LogP contribution in [0.5, 0.6) is 0 Å². The summed E-state index contributed by atoms with van der Waals surface area (Å²) in [5, 5.41) is 7.05. The molecule has 3 N–H and O–H groups in total. The topological polar surface area (TPSA) is 106 Å². The number of nitrogens with one attached hydrogen (secondary N) is 3. The van der Waals surface area contributed by atoms with Crippen molar-refractivity contribution in [2.75, 3.05) is 44.2 Å². The van der Waals surface area contributed by atoms with Crippen LogP contribution in [-0.4, -0.2) is 77.0 Å². The average molecular weight is 478 g/mol. The molecule has 35 heavy (non-hydrogen) atoms. The molecule has 0 bridgehead atoms. The van der Waals surface area contributed by atoms with Crippen LogP contribution in [0.2, 0.25) is 0 Å². The first kappa shape index (κ1) is 24.7. The molecule has 1 atom stereocenters. The summed E-state index contributed by atoms with van der Waals surface area (Å²) in [6.07, 6.45) is 6.76. The predicted octanol–water partition coefficient (Wildman–Crippen LogP) is 1.97.